The highest BCUT2D eigenvalue weighted by atomic mass is 16.2. The normalized spacial score (nSPS) is 27.7. The highest BCUT2D eigenvalue weighted by Crippen LogP contribution is 2.30. The van der Waals surface area contributed by atoms with Crippen LogP contribution in [0.3, 0.4) is 0 Å². The number of piperidine rings is 1. The summed E-state index contributed by atoms with van der Waals surface area (Å²) < 4.78 is 0. The Morgan fingerprint density at radius 2 is 2.00 bits per heavy atom. The summed E-state index contributed by atoms with van der Waals surface area (Å²) in [6.07, 6.45) is 5.37. The minimum absolute atomic E-state index is 0.0937. The third-order valence-electron chi connectivity index (χ3n) is 4.87. The Bertz CT molecular complexity index is 533. The Morgan fingerprint density at radius 1 is 1.33 bits per heavy atom. The van der Waals surface area contributed by atoms with Crippen molar-refractivity contribution in [1.82, 2.24) is 20.4 Å². The Kier molecular flexibility index (Phi) is 3.93. The Morgan fingerprint density at radius 3 is 2.62 bits per heavy atom. The molecule has 1 amide bonds. The number of hydrogen-bond donors (Lipinski definition) is 1. The standard InChI is InChI=1S/C16H24N4O/c1-4-15-14(7-10(2)18-19-15)16(21)20(3)13-8-11-5-6-12(9-13)17-11/h7,11-13,17H,4-6,8-9H2,1-3H3. The number of rotatable bonds is 3. The predicted molar refractivity (Wildman–Crippen MR) is 81.2 cm³/mol. The van der Waals surface area contributed by atoms with Crippen LogP contribution in [0.2, 0.25) is 0 Å². The number of fused-ring (bicyclic) bond motifs is 2. The molecule has 0 aliphatic carbocycles. The first-order valence-corrected chi connectivity index (χ1v) is 7.95. The van der Waals surface area contributed by atoms with Crippen LogP contribution in [0.4, 0.5) is 0 Å². The maximum atomic E-state index is 12.8. The van der Waals surface area contributed by atoms with E-state index in [0.29, 0.717) is 18.1 Å². The van der Waals surface area contributed by atoms with Crippen molar-refractivity contribution in [3.8, 4) is 0 Å². The summed E-state index contributed by atoms with van der Waals surface area (Å²) >= 11 is 0. The van der Waals surface area contributed by atoms with E-state index in [1.165, 1.54) is 12.8 Å². The zero-order valence-electron chi connectivity index (χ0n) is 13.1. The van der Waals surface area contributed by atoms with Gasteiger partial charge in [-0.2, -0.15) is 10.2 Å². The molecule has 5 heteroatoms. The van der Waals surface area contributed by atoms with Gasteiger partial charge in [0.1, 0.15) is 0 Å². The van der Waals surface area contributed by atoms with Gasteiger partial charge in [-0.05, 0) is 45.1 Å². The van der Waals surface area contributed by atoms with Crippen LogP contribution < -0.4 is 5.32 Å². The lowest BCUT2D eigenvalue weighted by atomic mass is 9.97. The predicted octanol–water partition coefficient (Wildman–Crippen LogP) is 1.70. The van der Waals surface area contributed by atoms with Gasteiger partial charge in [0.25, 0.3) is 5.91 Å². The number of carbonyl (C=O) groups is 1. The Labute approximate surface area is 126 Å². The molecule has 0 aromatic carbocycles. The summed E-state index contributed by atoms with van der Waals surface area (Å²) in [6, 6.07) is 3.40. The fourth-order valence-corrected chi connectivity index (χ4v) is 3.66. The van der Waals surface area contributed by atoms with Crippen LogP contribution in [0, 0.1) is 6.92 Å². The largest absolute Gasteiger partial charge is 0.339 e. The molecular formula is C16H24N4O. The summed E-state index contributed by atoms with van der Waals surface area (Å²) in [6.45, 7) is 3.90. The van der Waals surface area contributed by atoms with Gasteiger partial charge in [0.15, 0.2) is 0 Å². The van der Waals surface area contributed by atoms with Crippen molar-refractivity contribution in [1.29, 1.82) is 0 Å². The van der Waals surface area contributed by atoms with Crippen LogP contribution in [0.1, 0.15) is 54.4 Å². The maximum Gasteiger partial charge on any atom is 0.255 e. The van der Waals surface area contributed by atoms with E-state index in [0.717, 1.165) is 36.2 Å². The van der Waals surface area contributed by atoms with Gasteiger partial charge in [-0.25, -0.2) is 0 Å². The Hall–Kier alpha value is -1.49. The molecule has 2 unspecified atom stereocenters. The molecule has 1 aromatic rings. The minimum Gasteiger partial charge on any atom is -0.339 e. The maximum absolute atomic E-state index is 12.8. The molecule has 1 aromatic heterocycles. The topological polar surface area (TPSA) is 58.1 Å². The highest BCUT2D eigenvalue weighted by Gasteiger charge is 2.36. The van der Waals surface area contributed by atoms with Crippen molar-refractivity contribution in [2.24, 2.45) is 0 Å². The monoisotopic (exact) mass is 288 g/mol. The average Bonchev–Trinajstić information content (AvgIpc) is 2.84. The van der Waals surface area contributed by atoms with Gasteiger partial charge in [-0.3, -0.25) is 4.79 Å². The van der Waals surface area contributed by atoms with E-state index in [9.17, 15) is 4.79 Å². The first kappa shape index (κ1) is 14.4. The third kappa shape index (κ3) is 2.79. The summed E-state index contributed by atoms with van der Waals surface area (Å²) in [5.41, 5.74) is 2.32. The van der Waals surface area contributed by atoms with Gasteiger partial charge in [0.05, 0.1) is 17.0 Å². The number of aryl methyl sites for hydroxylation is 2. The molecule has 5 nitrogen and oxygen atoms in total. The van der Waals surface area contributed by atoms with E-state index >= 15 is 0 Å². The summed E-state index contributed by atoms with van der Waals surface area (Å²) in [5, 5.41) is 11.9. The summed E-state index contributed by atoms with van der Waals surface area (Å²) in [5.74, 6) is 0.0937. The van der Waals surface area contributed by atoms with Crippen molar-refractivity contribution < 1.29 is 4.79 Å². The van der Waals surface area contributed by atoms with Crippen LogP contribution in [-0.4, -0.2) is 46.2 Å². The second-order valence-electron chi connectivity index (χ2n) is 6.38. The van der Waals surface area contributed by atoms with E-state index in [-0.39, 0.29) is 5.91 Å². The van der Waals surface area contributed by atoms with Crippen LogP contribution in [0.5, 0.6) is 0 Å². The first-order valence-electron chi connectivity index (χ1n) is 7.95. The molecule has 21 heavy (non-hydrogen) atoms. The molecule has 2 aliphatic heterocycles. The van der Waals surface area contributed by atoms with E-state index in [4.69, 9.17) is 0 Å². The molecule has 0 saturated carbocycles. The zero-order valence-corrected chi connectivity index (χ0v) is 13.1. The van der Waals surface area contributed by atoms with Crippen LogP contribution in [-0.2, 0) is 6.42 Å². The highest BCUT2D eigenvalue weighted by molar-refractivity contribution is 5.95. The van der Waals surface area contributed by atoms with E-state index in [1.54, 1.807) is 0 Å². The second-order valence-corrected chi connectivity index (χ2v) is 6.38. The molecule has 3 heterocycles. The molecule has 0 spiro atoms. The summed E-state index contributed by atoms with van der Waals surface area (Å²) in [7, 11) is 1.94. The smallest absolute Gasteiger partial charge is 0.255 e. The molecule has 1 N–H and O–H groups in total. The molecular weight excluding hydrogens is 264 g/mol. The quantitative estimate of drug-likeness (QED) is 0.920. The lowest BCUT2D eigenvalue weighted by Crippen LogP contribution is -2.48. The molecule has 2 atom stereocenters. The van der Waals surface area contributed by atoms with Gasteiger partial charge < -0.3 is 10.2 Å². The SMILES string of the molecule is CCc1nnc(C)cc1C(=O)N(C)C1CC2CCC(C1)N2. The number of carbonyl (C=O) groups excluding carboxylic acids is 1. The van der Waals surface area contributed by atoms with Gasteiger partial charge in [0.2, 0.25) is 0 Å². The van der Waals surface area contributed by atoms with Crippen LogP contribution in [0.25, 0.3) is 0 Å². The van der Waals surface area contributed by atoms with Crippen LogP contribution in [0.15, 0.2) is 6.07 Å². The van der Waals surface area contributed by atoms with Crippen molar-refractivity contribution in [2.45, 2.75) is 64.1 Å². The van der Waals surface area contributed by atoms with E-state index in [2.05, 4.69) is 15.5 Å². The number of nitrogens with one attached hydrogen (secondary N) is 1. The minimum atomic E-state index is 0.0937. The fourth-order valence-electron chi connectivity index (χ4n) is 3.66. The Balaban J connectivity index is 1.80. The molecule has 2 fully saturated rings. The van der Waals surface area contributed by atoms with Crippen molar-refractivity contribution in [3.63, 3.8) is 0 Å². The van der Waals surface area contributed by atoms with Gasteiger partial charge >= 0.3 is 0 Å². The lowest BCUT2D eigenvalue weighted by molar-refractivity contribution is 0.0679. The molecule has 2 saturated heterocycles. The zero-order chi connectivity index (χ0) is 15.0. The number of amides is 1. The molecule has 114 valence electrons. The summed E-state index contributed by atoms with van der Waals surface area (Å²) in [4.78, 5) is 14.8. The lowest BCUT2D eigenvalue weighted by Gasteiger charge is -2.35. The number of aromatic nitrogens is 2. The van der Waals surface area contributed by atoms with Crippen molar-refractivity contribution in [2.75, 3.05) is 7.05 Å². The van der Waals surface area contributed by atoms with Crippen molar-refractivity contribution >= 4 is 5.91 Å². The average molecular weight is 288 g/mol. The van der Waals surface area contributed by atoms with Gasteiger partial charge in [-0.1, -0.05) is 6.92 Å². The van der Waals surface area contributed by atoms with Crippen LogP contribution >= 0.6 is 0 Å². The molecule has 2 bridgehead atoms. The number of nitrogens with zero attached hydrogens (tertiary/aromatic N) is 3. The van der Waals surface area contributed by atoms with E-state index < -0.39 is 0 Å². The molecule has 3 rings (SSSR count). The molecule has 2 aliphatic rings. The third-order valence-corrected chi connectivity index (χ3v) is 4.87. The van der Waals surface area contributed by atoms with Gasteiger partial charge in [-0.15, -0.1) is 0 Å². The van der Waals surface area contributed by atoms with Gasteiger partial charge in [0, 0.05) is 25.2 Å². The number of hydrogen-bond acceptors (Lipinski definition) is 4. The van der Waals surface area contributed by atoms with Crippen molar-refractivity contribution in [3.05, 3.63) is 23.0 Å². The molecule has 0 radical (unpaired) electrons. The first-order chi connectivity index (χ1) is 10.1. The van der Waals surface area contributed by atoms with E-state index in [1.807, 2.05) is 31.9 Å². The fraction of sp³-hybridized carbons (Fsp3) is 0.688. The second kappa shape index (κ2) is 5.72.